The molecule has 0 heterocycles. The third kappa shape index (κ3) is 3.46. The molecule has 0 atom stereocenters. The maximum Gasteiger partial charge on any atom is 0.278 e. The zero-order valence-corrected chi connectivity index (χ0v) is 10.6. The van der Waals surface area contributed by atoms with Gasteiger partial charge in [0.1, 0.15) is 5.75 Å². The van der Waals surface area contributed by atoms with Crippen molar-refractivity contribution in [3.05, 3.63) is 29.3 Å². The fourth-order valence-electron chi connectivity index (χ4n) is 1.72. The van der Waals surface area contributed by atoms with Gasteiger partial charge in [-0.15, -0.1) is 0 Å². The highest BCUT2D eigenvalue weighted by Gasteiger charge is 2.16. The Hall–Kier alpha value is -1.55. The van der Waals surface area contributed by atoms with Crippen LogP contribution in [0.3, 0.4) is 0 Å². The van der Waals surface area contributed by atoms with Crippen LogP contribution >= 0.6 is 0 Å². The molecule has 0 aliphatic rings. The molecule has 1 N–H and O–H groups in total. The molecule has 0 spiro atoms. The number of rotatable bonds is 6. The lowest BCUT2D eigenvalue weighted by Gasteiger charge is -2.12. The number of aryl methyl sites for hydroxylation is 1. The minimum absolute atomic E-state index is 0.268. The van der Waals surface area contributed by atoms with E-state index in [0.29, 0.717) is 11.3 Å². The van der Waals surface area contributed by atoms with Gasteiger partial charge in [-0.3, -0.25) is 9.63 Å². The molecular formula is C13H19NO3. The summed E-state index contributed by atoms with van der Waals surface area (Å²) in [5.74, 6) is 0.309. The molecule has 0 bridgehead atoms. The predicted molar refractivity (Wildman–Crippen MR) is 66.1 cm³/mol. The van der Waals surface area contributed by atoms with Crippen molar-refractivity contribution < 1.29 is 14.4 Å². The van der Waals surface area contributed by atoms with Gasteiger partial charge < -0.3 is 4.74 Å². The number of methoxy groups -OCH3 is 1. The van der Waals surface area contributed by atoms with E-state index in [-0.39, 0.29) is 5.91 Å². The van der Waals surface area contributed by atoms with Crippen molar-refractivity contribution in [3.63, 3.8) is 0 Å². The molecule has 0 aromatic heterocycles. The second-order valence-electron chi connectivity index (χ2n) is 3.73. The lowest BCUT2D eigenvalue weighted by atomic mass is 10.0. The number of hydrogen-bond acceptors (Lipinski definition) is 3. The van der Waals surface area contributed by atoms with Crippen molar-refractivity contribution in [2.24, 2.45) is 0 Å². The Bertz CT molecular complexity index is 377. The Morgan fingerprint density at radius 3 is 2.71 bits per heavy atom. The van der Waals surface area contributed by atoms with Crippen LogP contribution in [-0.4, -0.2) is 20.1 Å². The third-order valence-corrected chi connectivity index (χ3v) is 2.55. The fraction of sp³-hybridized carbons (Fsp3) is 0.462. The molecule has 17 heavy (non-hydrogen) atoms. The Labute approximate surface area is 102 Å². The summed E-state index contributed by atoms with van der Waals surface area (Å²) in [5.41, 5.74) is 3.88. The SMILES string of the molecule is CCCCc1cccc(OC)c1C(=O)NOC. The minimum Gasteiger partial charge on any atom is -0.496 e. The molecule has 0 aliphatic carbocycles. The highest BCUT2D eigenvalue weighted by atomic mass is 16.6. The van der Waals surface area contributed by atoms with Crippen molar-refractivity contribution in [3.8, 4) is 5.75 Å². The van der Waals surface area contributed by atoms with Gasteiger partial charge in [0.25, 0.3) is 5.91 Å². The van der Waals surface area contributed by atoms with Crippen LogP contribution in [0.1, 0.15) is 35.7 Å². The van der Waals surface area contributed by atoms with Crippen LogP contribution < -0.4 is 10.2 Å². The first kappa shape index (κ1) is 13.5. The summed E-state index contributed by atoms with van der Waals surface area (Å²) in [6.45, 7) is 2.12. The van der Waals surface area contributed by atoms with Gasteiger partial charge in [0.2, 0.25) is 0 Å². The quantitative estimate of drug-likeness (QED) is 0.772. The summed E-state index contributed by atoms with van der Waals surface area (Å²) >= 11 is 0. The summed E-state index contributed by atoms with van der Waals surface area (Å²) < 4.78 is 5.22. The second kappa shape index (κ2) is 6.91. The first-order valence-corrected chi connectivity index (χ1v) is 5.73. The van der Waals surface area contributed by atoms with Crippen molar-refractivity contribution in [2.75, 3.05) is 14.2 Å². The number of amides is 1. The zero-order valence-electron chi connectivity index (χ0n) is 10.6. The summed E-state index contributed by atoms with van der Waals surface area (Å²) in [7, 11) is 2.97. The van der Waals surface area contributed by atoms with Gasteiger partial charge in [0, 0.05) is 0 Å². The lowest BCUT2D eigenvalue weighted by molar-refractivity contribution is 0.0533. The molecule has 0 aliphatic heterocycles. The van der Waals surface area contributed by atoms with Gasteiger partial charge in [-0.1, -0.05) is 25.5 Å². The maximum absolute atomic E-state index is 11.9. The topological polar surface area (TPSA) is 47.6 Å². The van der Waals surface area contributed by atoms with E-state index >= 15 is 0 Å². The molecule has 1 amide bonds. The van der Waals surface area contributed by atoms with Crippen LogP contribution in [0.4, 0.5) is 0 Å². The molecular weight excluding hydrogens is 218 g/mol. The van der Waals surface area contributed by atoms with Gasteiger partial charge in [-0.2, -0.15) is 0 Å². The number of benzene rings is 1. The average molecular weight is 237 g/mol. The number of carbonyl (C=O) groups excluding carboxylic acids is 1. The van der Waals surface area contributed by atoms with E-state index in [1.807, 2.05) is 12.1 Å². The molecule has 1 aromatic carbocycles. The maximum atomic E-state index is 11.9. The number of hydroxylamine groups is 1. The molecule has 0 unspecified atom stereocenters. The number of carbonyl (C=O) groups is 1. The van der Waals surface area contributed by atoms with Crippen LogP contribution in [0.5, 0.6) is 5.75 Å². The Morgan fingerprint density at radius 2 is 2.12 bits per heavy atom. The largest absolute Gasteiger partial charge is 0.496 e. The normalized spacial score (nSPS) is 10.1. The van der Waals surface area contributed by atoms with Gasteiger partial charge in [-0.05, 0) is 24.5 Å². The summed E-state index contributed by atoms with van der Waals surface area (Å²) in [4.78, 5) is 16.6. The fourth-order valence-corrected chi connectivity index (χ4v) is 1.72. The predicted octanol–water partition coefficient (Wildman–Crippen LogP) is 2.33. The van der Waals surface area contributed by atoms with E-state index in [4.69, 9.17) is 4.74 Å². The number of nitrogens with one attached hydrogen (secondary N) is 1. The Morgan fingerprint density at radius 1 is 1.35 bits per heavy atom. The molecule has 1 rings (SSSR count). The Kier molecular flexibility index (Phi) is 5.49. The summed E-state index contributed by atoms with van der Waals surface area (Å²) in [6.07, 6.45) is 2.99. The summed E-state index contributed by atoms with van der Waals surface area (Å²) in [5, 5.41) is 0. The van der Waals surface area contributed by atoms with E-state index in [9.17, 15) is 4.79 Å². The van der Waals surface area contributed by atoms with Gasteiger partial charge in [0.05, 0.1) is 19.8 Å². The van der Waals surface area contributed by atoms with Crippen molar-refractivity contribution in [1.82, 2.24) is 5.48 Å². The second-order valence-corrected chi connectivity index (χ2v) is 3.73. The van der Waals surface area contributed by atoms with E-state index in [2.05, 4.69) is 17.2 Å². The first-order chi connectivity index (χ1) is 8.24. The number of hydrogen-bond donors (Lipinski definition) is 1. The smallest absolute Gasteiger partial charge is 0.278 e. The molecule has 0 radical (unpaired) electrons. The number of unbranched alkanes of at least 4 members (excludes halogenated alkanes) is 1. The van der Waals surface area contributed by atoms with Crippen LogP contribution in [0.25, 0.3) is 0 Å². The Balaban J connectivity index is 3.06. The van der Waals surface area contributed by atoms with Gasteiger partial charge >= 0.3 is 0 Å². The standard InChI is InChI=1S/C13H19NO3/c1-4-5-7-10-8-6-9-11(16-2)12(10)13(15)14-17-3/h6,8-9H,4-5,7H2,1-3H3,(H,14,15). The van der Waals surface area contributed by atoms with Crippen molar-refractivity contribution in [1.29, 1.82) is 0 Å². The van der Waals surface area contributed by atoms with E-state index in [0.717, 1.165) is 24.8 Å². The van der Waals surface area contributed by atoms with E-state index in [1.165, 1.54) is 7.11 Å². The molecule has 4 nitrogen and oxygen atoms in total. The van der Waals surface area contributed by atoms with Gasteiger partial charge in [0.15, 0.2) is 0 Å². The van der Waals surface area contributed by atoms with Crippen LogP contribution in [-0.2, 0) is 11.3 Å². The van der Waals surface area contributed by atoms with Crippen LogP contribution in [0.2, 0.25) is 0 Å². The number of ether oxygens (including phenoxy) is 1. The minimum atomic E-state index is -0.268. The molecule has 94 valence electrons. The molecule has 0 saturated heterocycles. The molecule has 4 heteroatoms. The molecule has 0 saturated carbocycles. The highest BCUT2D eigenvalue weighted by molar-refractivity contribution is 5.97. The van der Waals surface area contributed by atoms with Crippen molar-refractivity contribution in [2.45, 2.75) is 26.2 Å². The van der Waals surface area contributed by atoms with E-state index < -0.39 is 0 Å². The monoisotopic (exact) mass is 237 g/mol. The lowest BCUT2D eigenvalue weighted by Crippen LogP contribution is -2.23. The summed E-state index contributed by atoms with van der Waals surface area (Å²) in [6, 6.07) is 5.62. The molecule has 0 fully saturated rings. The van der Waals surface area contributed by atoms with Gasteiger partial charge in [-0.25, -0.2) is 5.48 Å². The third-order valence-electron chi connectivity index (χ3n) is 2.55. The first-order valence-electron chi connectivity index (χ1n) is 5.73. The van der Waals surface area contributed by atoms with E-state index in [1.54, 1.807) is 13.2 Å². The highest BCUT2D eigenvalue weighted by Crippen LogP contribution is 2.23. The average Bonchev–Trinajstić information content (AvgIpc) is 2.35. The van der Waals surface area contributed by atoms with Crippen LogP contribution in [0, 0.1) is 0 Å². The molecule has 1 aromatic rings. The van der Waals surface area contributed by atoms with Crippen molar-refractivity contribution >= 4 is 5.91 Å². The zero-order chi connectivity index (χ0) is 12.7. The van der Waals surface area contributed by atoms with Crippen LogP contribution in [0.15, 0.2) is 18.2 Å².